The van der Waals surface area contributed by atoms with Gasteiger partial charge < -0.3 is 4.74 Å². The molecule has 0 aromatic heterocycles. The van der Waals surface area contributed by atoms with Gasteiger partial charge in [0, 0.05) is 11.5 Å². The molecule has 1 aliphatic rings. The van der Waals surface area contributed by atoms with E-state index in [9.17, 15) is 4.79 Å². The average molecular weight is 274 g/mol. The smallest absolute Gasteiger partial charge is 0.410 e. The van der Waals surface area contributed by atoms with Crippen molar-refractivity contribution in [2.75, 3.05) is 0 Å². The molecule has 1 aromatic rings. The lowest BCUT2D eigenvalue weighted by molar-refractivity contribution is 0.0126. The van der Waals surface area contributed by atoms with Crippen LogP contribution in [-0.4, -0.2) is 22.8 Å². The Morgan fingerprint density at radius 3 is 2.65 bits per heavy atom. The summed E-state index contributed by atoms with van der Waals surface area (Å²) in [5.41, 5.74) is 10.3. The number of ether oxygens (including phenoxy) is 1. The van der Waals surface area contributed by atoms with Crippen LogP contribution in [0.1, 0.15) is 31.9 Å². The fraction of sp³-hybridized carbons (Fsp3) is 0.500. The molecule has 6 heteroatoms. The molecular formula is C14H18N4O2. The van der Waals surface area contributed by atoms with Gasteiger partial charge in [-0.2, -0.15) is 0 Å². The van der Waals surface area contributed by atoms with Crippen LogP contribution in [0.15, 0.2) is 29.4 Å². The average Bonchev–Trinajstić information content (AvgIpc) is 2.36. The van der Waals surface area contributed by atoms with E-state index in [1.54, 1.807) is 0 Å². The second-order valence-electron chi connectivity index (χ2n) is 5.77. The van der Waals surface area contributed by atoms with E-state index in [0.29, 0.717) is 13.0 Å². The van der Waals surface area contributed by atoms with Crippen molar-refractivity contribution in [1.82, 2.24) is 4.90 Å². The van der Waals surface area contributed by atoms with Crippen molar-refractivity contribution in [1.29, 1.82) is 0 Å². The van der Waals surface area contributed by atoms with Crippen LogP contribution in [0, 0.1) is 0 Å². The summed E-state index contributed by atoms with van der Waals surface area (Å²) in [6.07, 6.45) is -0.478. The number of hydrogen-bond acceptors (Lipinski definition) is 3. The summed E-state index contributed by atoms with van der Waals surface area (Å²) in [7, 11) is 0. The molecule has 0 saturated heterocycles. The maximum Gasteiger partial charge on any atom is 0.410 e. The molecule has 20 heavy (non-hydrogen) atoms. The van der Waals surface area contributed by atoms with Gasteiger partial charge in [0.1, 0.15) is 11.8 Å². The van der Waals surface area contributed by atoms with E-state index in [2.05, 4.69) is 10.0 Å². The molecule has 0 bridgehead atoms. The van der Waals surface area contributed by atoms with Crippen LogP contribution in [0.2, 0.25) is 0 Å². The standard InChI is InChI=1S/C14H18N4O2/c1-14(2,3)20-13(19)18-9-11-7-5-4-6-10(11)8-12(18)16-17-15/h4-7,12H,8-9H2,1-3H3. The van der Waals surface area contributed by atoms with Gasteiger partial charge in [-0.15, -0.1) is 0 Å². The zero-order valence-corrected chi connectivity index (χ0v) is 11.9. The largest absolute Gasteiger partial charge is 0.444 e. The molecule has 0 spiro atoms. The lowest BCUT2D eigenvalue weighted by atomic mass is 9.98. The second kappa shape index (κ2) is 5.43. The van der Waals surface area contributed by atoms with Crippen molar-refractivity contribution in [2.45, 2.75) is 45.5 Å². The van der Waals surface area contributed by atoms with E-state index in [1.807, 2.05) is 45.0 Å². The highest BCUT2D eigenvalue weighted by Gasteiger charge is 2.32. The zero-order valence-electron chi connectivity index (χ0n) is 11.9. The zero-order chi connectivity index (χ0) is 14.8. The number of rotatable bonds is 1. The van der Waals surface area contributed by atoms with Gasteiger partial charge in [0.05, 0.1) is 0 Å². The van der Waals surface area contributed by atoms with Crippen LogP contribution in [0.4, 0.5) is 4.79 Å². The van der Waals surface area contributed by atoms with Crippen molar-refractivity contribution in [3.05, 3.63) is 45.8 Å². The first-order valence-electron chi connectivity index (χ1n) is 6.51. The molecule has 1 aromatic carbocycles. The molecule has 1 amide bonds. The van der Waals surface area contributed by atoms with Crippen LogP contribution < -0.4 is 0 Å². The van der Waals surface area contributed by atoms with Crippen LogP contribution in [-0.2, 0) is 17.7 Å². The summed E-state index contributed by atoms with van der Waals surface area (Å²) in [6.45, 7) is 5.83. The van der Waals surface area contributed by atoms with Crippen LogP contribution in [0.25, 0.3) is 10.4 Å². The minimum Gasteiger partial charge on any atom is -0.444 e. The molecule has 1 atom stereocenters. The Morgan fingerprint density at radius 2 is 2.05 bits per heavy atom. The molecule has 0 fully saturated rings. The number of fused-ring (bicyclic) bond motifs is 1. The minimum absolute atomic E-state index is 0.398. The third-order valence-corrected chi connectivity index (χ3v) is 3.03. The molecule has 0 saturated carbocycles. The highest BCUT2D eigenvalue weighted by Crippen LogP contribution is 2.25. The minimum atomic E-state index is -0.574. The highest BCUT2D eigenvalue weighted by atomic mass is 16.6. The lowest BCUT2D eigenvalue weighted by Gasteiger charge is -2.35. The first-order chi connectivity index (χ1) is 9.40. The fourth-order valence-electron chi connectivity index (χ4n) is 2.18. The van der Waals surface area contributed by atoms with Crippen molar-refractivity contribution >= 4 is 6.09 Å². The summed E-state index contributed by atoms with van der Waals surface area (Å²) in [5.74, 6) is 0. The van der Waals surface area contributed by atoms with Crippen molar-refractivity contribution in [2.24, 2.45) is 5.11 Å². The first-order valence-corrected chi connectivity index (χ1v) is 6.51. The van der Waals surface area contributed by atoms with E-state index in [0.717, 1.165) is 11.1 Å². The van der Waals surface area contributed by atoms with E-state index < -0.39 is 17.9 Å². The van der Waals surface area contributed by atoms with Crippen molar-refractivity contribution in [3.63, 3.8) is 0 Å². The summed E-state index contributed by atoms with van der Waals surface area (Å²) < 4.78 is 5.37. The first kappa shape index (κ1) is 14.2. The Morgan fingerprint density at radius 1 is 1.40 bits per heavy atom. The van der Waals surface area contributed by atoms with Gasteiger partial charge in [-0.1, -0.05) is 29.4 Å². The second-order valence-corrected chi connectivity index (χ2v) is 5.77. The van der Waals surface area contributed by atoms with Crippen molar-refractivity contribution in [3.8, 4) is 0 Å². The van der Waals surface area contributed by atoms with Crippen LogP contribution >= 0.6 is 0 Å². The maximum atomic E-state index is 12.2. The molecule has 106 valence electrons. The predicted molar refractivity (Wildman–Crippen MR) is 74.9 cm³/mol. The van der Waals surface area contributed by atoms with E-state index >= 15 is 0 Å². The number of carbonyl (C=O) groups excluding carboxylic acids is 1. The molecule has 6 nitrogen and oxygen atoms in total. The van der Waals surface area contributed by atoms with Gasteiger partial charge in [-0.25, -0.2) is 4.79 Å². The predicted octanol–water partition coefficient (Wildman–Crippen LogP) is 3.62. The third kappa shape index (κ3) is 3.22. The summed E-state index contributed by atoms with van der Waals surface area (Å²) in [4.78, 5) is 16.5. The molecule has 0 aliphatic carbocycles. The quantitative estimate of drug-likeness (QED) is 0.445. The number of nitrogens with zero attached hydrogens (tertiary/aromatic N) is 4. The molecule has 1 unspecified atom stereocenters. The number of benzene rings is 1. The normalized spacial score (nSPS) is 17.9. The molecule has 2 rings (SSSR count). The van der Waals surface area contributed by atoms with Gasteiger partial charge in [0.25, 0.3) is 0 Å². The van der Waals surface area contributed by atoms with Gasteiger partial charge in [0.15, 0.2) is 0 Å². The Labute approximate surface area is 118 Å². The third-order valence-electron chi connectivity index (χ3n) is 3.03. The Bertz CT molecular complexity index is 559. The highest BCUT2D eigenvalue weighted by molar-refractivity contribution is 5.69. The summed E-state index contributed by atoms with van der Waals surface area (Å²) in [5, 5.41) is 3.72. The number of amides is 1. The SMILES string of the molecule is CC(C)(C)OC(=O)N1Cc2ccccc2CC1N=[N+]=[N-]. The van der Waals surface area contributed by atoms with Gasteiger partial charge in [-0.3, -0.25) is 4.90 Å². The van der Waals surface area contributed by atoms with Crippen molar-refractivity contribution < 1.29 is 9.53 Å². The summed E-state index contributed by atoms with van der Waals surface area (Å²) >= 11 is 0. The van der Waals surface area contributed by atoms with Gasteiger partial charge >= 0.3 is 6.09 Å². The Hall–Kier alpha value is -2.20. The van der Waals surface area contributed by atoms with Crippen LogP contribution in [0.3, 0.4) is 0 Å². The summed E-state index contributed by atoms with van der Waals surface area (Å²) in [6, 6.07) is 7.83. The Kier molecular flexibility index (Phi) is 3.86. The number of hydrogen-bond donors (Lipinski definition) is 0. The topological polar surface area (TPSA) is 78.3 Å². The molecule has 1 aliphatic heterocycles. The fourth-order valence-corrected chi connectivity index (χ4v) is 2.18. The van der Waals surface area contributed by atoms with E-state index in [4.69, 9.17) is 10.3 Å². The monoisotopic (exact) mass is 274 g/mol. The lowest BCUT2D eigenvalue weighted by Crippen LogP contribution is -2.45. The van der Waals surface area contributed by atoms with Gasteiger partial charge in [0.2, 0.25) is 0 Å². The van der Waals surface area contributed by atoms with Gasteiger partial charge in [-0.05, 0) is 43.9 Å². The van der Waals surface area contributed by atoms with E-state index in [1.165, 1.54) is 4.90 Å². The molecule has 1 heterocycles. The number of carbonyl (C=O) groups is 1. The maximum absolute atomic E-state index is 12.2. The molecule has 0 N–H and O–H groups in total. The van der Waals surface area contributed by atoms with Crippen LogP contribution in [0.5, 0.6) is 0 Å². The molecular weight excluding hydrogens is 256 g/mol. The number of azide groups is 1. The Balaban J connectivity index is 2.26. The van der Waals surface area contributed by atoms with E-state index in [-0.39, 0.29) is 0 Å². The molecule has 0 radical (unpaired) electrons.